The van der Waals surface area contributed by atoms with Crippen LogP contribution in [0.4, 0.5) is 0 Å². The van der Waals surface area contributed by atoms with E-state index in [4.69, 9.17) is 0 Å². The Hall–Kier alpha value is -2.76. The summed E-state index contributed by atoms with van der Waals surface area (Å²) in [5, 5.41) is 16.4. The Bertz CT molecular complexity index is 882. The molecule has 2 aromatic heterocycles. The third kappa shape index (κ3) is 3.84. The van der Waals surface area contributed by atoms with Crippen molar-refractivity contribution in [1.29, 1.82) is 0 Å². The van der Waals surface area contributed by atoms with E-state index in [0.29, 0.717) is 12.3 Å². The summed E-state index contributed by atoms with van der Waals surface area (Å²) in [5.41, 5.74) is 3.73. The van der Waals surface area contributed by atoms with Gasteiger partial charge in [-0.15, -0.1) is 5.10 Å². The predicted octanol–water partition coefficient (Wildman–Crippen LogP) is 2.91. The Labute approximate surface area is 147 Å². The van der Waals surface area contributed by atoms with E-state index in [1.807, 2.05) is 32.2 Å². The zero-order valence-electron chi connectivity index (χ0n) is 15.0. The number of rotatable bonds is 5. The molecule has 0 bridgehead atoms. The van der Waals surface area contributed by atoms with Crippen LogP contribution in [-0.4, -0.2) is 25.9 Å². The summed E-state index contributed by atoms with van der Waals surface area (Å²) in [4.78, 5) is 12.3. The van der Waals surface area contributed by atoms with Gasteiger partial charge in [0.15, 0.2) is 5.65 Å². The van der Waals surface area contributed by atoms with Crippen LogP contribution in [0.1, 0.15) is 49.6 Å². The maximum Gasteiger partial charge on any atom is 0.224 e. The largest absolute Gasteiger partial charge is 0.348 e. The summed E-state index contributed by atoms with van der Waals surface area (Å²) in [6.45, 7) is 6.22. The fraction of sp³-hybridized carbons (Fsp3) is 0.368. The Morgan fingerprint density at radius 2 is 1.88 bits per heavy atom. The normalized spacial score (nSPS) is 12.5. The van der Waals surface area contributed by atoms with Gasteiger partial charge in [0.1, 0.15) is 0 Å². The number of nitrogens with zero attached hydrogens (tertiary/aromatic N) is 4. The number of hydrogen-bond donors (Lipinski definition) is 1. The van der Waals surface area contributed by atoms with Gasteiger partial charge in [-0.1, -0.05) is 38.1 Å². The van der Waals surface area contributed by atoms with Crippen molar-refractivity contribution in [3.05, 3.63) is 53.3 Å². The van der Waals surface area contributed by atoms with Crippen molar-refractivity contribution in [1.82, 2.24) is 25.3 Å². The molecule has 25 heavy (non-hydrogen) atoms. The lowest BCUT2D eigenvalue weighted by Crippen LogP contribution is -2.28. The van der Waals surface area contributed by atoms with Crippen LogP contribution < -0.4 is 5.32 Å². The molecule has 0 aliphatic rings. The maximum atomic E-state index is 12.3. The summed E-state index contributed by atoms with van der Waals surface area (Å²) >= 11 is 0. The average Bonchev–Trinajstić information content (AvgIpc) is 2.96. The highest BCUT2D eigenvalue weighted by molar-refractivity contribution is 5.79. The van der Waals surface area contributed by atoms with Crippen molar-refractivity contribution in [2.75, 3.05) is 0 Å². The minimum Gasteiger partial charge on any atom is -0.348 e. The summed E-state index contributed by atoms with van der Waals surface area (Å²) in [5.74, 6) is 0.460. The SMILES string of the molecule is CC(C)c1ccc(CC(=O)NC(C)c2cc3cnn(C)c3nn2)cc1. The van der Waals surface area contributed by atoms with E-state index in [1.165, 1.54) is 5.56 Å². The van der Waals surface area contributed by atoms with Gasteiger partial charge in [-0.3, -0.25) is 4.79 Å². The molecule has 2 heterocycles. The first-order valence-electron chi connectivity index (χ1n) is 8.47. The third-order valence-electron chi connectivity index (χ3n) is 4.33. The van der Waals surface area contributed by atoms with E-state index in [-0.39, 0.29) is 11.9 Å². The zero-order valence-corrected chi connectivity index (χ0v) is 15.0. The molecule has 3 aromatic rings. The Kier molecular flexibility index (Phi) is 4.79. The van der Waals surface area contributed by atoms with Gasteiger partial charge in [-0.25, -0.2) is 4.68 Å². The fourth-order valence-corrected chi connectivity index (χ4v) is 2.75. The van der Waals surface area contributed by atoms with E-state index in [9.17, 15) is 4.79 Å². The molecule has 1 amide bonds. The molecule has 0 saturated carbocycles. The van der Waals surface area contributed by atoms with E-state index in [2.05, 4.69) is 46.6 Å². The molecule has 1 atom stereocenters. The number of benzene rings is 1. The lowest BCUT2D eigenvalue weighted by Gasteiger charge is -2.13. The second-order valence-electron chi connectivity index (χ2n) is 6.68. The van der Waals surface area contributed by atoms with Crippen molar-refractivity contribution in [3.63, 3.8) is 0 Å². The summed E-state index contributed by atoms with van der Waals surface area (Å²) in [6.07, 6.45) is 2.10. The molecule has 1 N–H and O–H groups in total. The number of hydrogen-bond acceptors (Lipinski definition) is 4. The van der Waals surface area contributed by atoms with Gasteiger partial charge in [0, 0.05) is 12.4 Å². The van der Waals surface area contributed by atoms with Crippen LogP contribution >= 0.6 is 0 Å². The quantitative estimate of drug-likeness (QED) is 0.777. The third-order valence-corrected chi connectivity index (χ3v) is 4.33. The van der Waals surface area contributed by atoms with E-state index >= 15 is 0 Å². The molecule has 1 aromatic carbocycles. The van der Waals surface area contributed by atoms with Gasteiger partial charge in [-0.05, 0) is 30.0 Å². The second-order valence-corrected chi connectivity index (χ2v) is 6.68. The maximum absolute atomic E-state index is 12.3. The summed E-state index contributed by atoms with van der Waals surface area (Å²) in [7, 11) is 1.83. The van der Waals surface area contributed by atoms with Crippen LogP contribution in [0.5, 0.6) is 0 Å². The lowest BCUT2D eigenvalue weighted by molar-refractivity contribution is -0.121. The Balaban J connectivity index is 1.64. The molecule has 3 rings (SSSR count). The first-order chi connectivity index (χ1) is 11.9. The minimum atomic E-state index is -0.209. The molecular weight excluding hydrogens is 314 g/mol. The average molecular weight is 337 g/mol. The zero-order chi connectivity index (χ0) is 18.0. The van der Waals surface area contributed by atoms with Gasteiger partial charge in [0.05, 0.1) is 24.4 Å². The minimum absolute atomic E-state index is 0.0297. The number of carbonyl (C=O) groups is 1. The van der Waals surface area contributed by atoms with E-state index in [1.54, 1.807) is 10.9 Å². The van der Waals surface area contributed by atoms with Crippen LogP contribution in [-0.2, 0) is 18.3 Å². The first kappa shape index (κ1) is 17.1. The molecule has 0 aliphatic heterocycles. The molecule has 1 unspecified atom stereocenters. The molecule has 6 heteroatoms. The topological polar surface area (TPSA) is 72.7 Å². The number of fused-ring (bicyclic) bond motifs is 1. The van der Waals surface area contributed by atoms with Crippen LogP contribution in [0.25, 0.3) is 11.0 Å². The van der Waals surface area contributed by atoms with Gasteiger partial charge in [-0.2, -0.15) is 10.2 Å². The first-order valence-corrected chi connectivity index (χ1v) is 8.47. The highest BCUT2D eigenvalue weighted by Gasteiger charge is 2.14. The van der Waals surface area contributed by atoms with Gasteiger partial charge < -0.3 is 5.32 Å². The van der Waals surface area contributed by atoms with Crippen molar-refractivity contribution in [2.24, 2.45) is 7.05 Å². The molecule has 130 valence electrons. The highest BCUT2D eigenvalue weighted by Crippen LogP contribution is 2.17. The summed E-state index contributed by atoms with van der Waals surface area (Å²) < 4.78 is 1.68. The lowest BCUT2D eigenvalue weighted by atomic mass is 10.0. The number of nitrogens with one attached hydrogen (secondary N) is 1. The monoisotopic (exact) mass is 337 g/mol. The number of aromatic nitrogens is 4. The Morgan fingerprint density at radius 1 is 1.16 bits per heavy atom. The van der Waals surface area contributed by atoms with Crippen LogP contribution in [0.3, 0.4) is 0 Å². The van der Waals surface area contributed by atoms with E-state index < -0.39 is 0 Å². The van der Waals surface area contributed by atoms with Crippen LogP contribution in [0.2, 0.25) is 0 Å². The molecule has 6 nitrogen and oxygen atoms in total. The highest BCUT2D eigenvalue weighted by atomic mass is 16.1. The number of carbonyl (C=O) groups excluding carboxylic acids is 1. The van der Waals surface area contributed by atoms with Crippen molar-refractivity contribution >= 4 is 16.9 Å². The molecule has 0 aliphatic carbocycles. The summed E-state index contributed by atoms with van der Waals surface area (Å²) in [6, 6.07) is 9.90. The van der Waals surface area contributed by atoms with Crippen molar-refractivity contribution < 1.29 is 4.79 Å². The number of amides is 1. The van der Waals surface area contributed by atoms with Crippen LogP contribution in [0.15, 0.2) is 36.5 Å². The van der Waals surface area contributed by atoms with Gasteiger partial charge >= 0.3 is 0 Å². The van der Waals surface area contributed by atoms with Gasteiger partial charge in [0.2, 0.25) is 5.91 Å². The van der Waals surface area contributed by atoms with Crippen molar-refractivity contribution in [3.8, 4) is 0 Å². The molecule has 0 spiro atoms. The fourth-order valence-electron chi connectivity index (χ4n) is 2.75. The molecule has 0 saturated heterocycles. The molecular formula is C19H23N5O. The standard InChI is InChI=1S/C19H23N5O/c1-12(2)15-7-5-14(6-8-15)9-18(25)21-13(3)17-10-16-11-20-24(4)19(16)23-22-17/h5-8,10-13H,9H2,1-4H3,(H,21,25). The van der Waals surface area contributed by atoms with E-state index in [0.717, 1.165) is 22.3 Å². The molecule has 0 fully saturated rings. The Morgan fingerprint density at radius 3 is 2.56 bits per heavy atom. The second kappa shape index (κ2) is 7.01. The van der Waals surface area contributed by atoms with Crippen molar-refractivity contribution in [2.45, 2.75) is 39.2 Å². The smallest absolute Gasteiger partial charge is 0.224 e. The molecule has 0 radical (unpaired) electrons. The van der Waals surface area contributed by atoms with Crippen LogP contribution in [0, 0.1) is 0 Å². The number of aryl methyl sites for hydroxylation is 1. The van der Waals surface area contributed by atoms with Gasteiger partial charge in [0.25, 0.3) is 0 Å². The predicted molar refractivity (Wildman–Crippen MR) is 97.1 cm³/mol.